The van der Waals surface area contributed by atoms with Crippen LogP contribution in [0.2, 0.25) is 15.1 Å². The third-order valence-electron chi connectivity index (χ3n) is 1.43. The first kappa shape index (κ1) is 13.3. The Morgan fingerprint density at radius 1 is 1.25 bits per heavy atom. The second-order valence-electron chi connectivity index (χ2n) is 2.60. The zero-order chi connectivity index (χ0) is 12.5. The number of alkyl halides is 2. The lowest BCUT2D eigenvalue weighted by atomic mass is 10.3. The van der Waals surface area contributed by atoms with Gasteiger partial charge in [-0.2, -0.15) is 8.78 Å². The molecule has 0 aliphatic carbocycles. The van der Waals surface area contributed by atoms with Crippen LogP contribution in [0.3, 0.4) is 0 Å². The van der Waals surface area contributed by atoms with Crippen molar-refractivity contribution < 1.29 is 23.4 Å². The van der Waals surface area contributed by atoms with Crippen molar-refractivity contribution in [3.05, 3.63) is 27.2 Å². The molecule has 0 bridgehead atoms. The van der Waals surface area contributed by atoms with E-state index in [1.807, 2.05) is 0 Å². The van der Waals surface area contributed by atoms with Crippen molar-refractivity contribution in [3.63, 3.8) is 0 Å². The van der Waals surface area contributed by atoms with Gasteiger partial charge in [0.15, 0.2) is 11.7 Å². The average molecular weight is 290 g/mol. The molecule has 0 atom stereocenters. The number of carboxylic acid groups (broad SMARTS) is 1. The molecule has 0 amide bonds. The first-order valence-electron chi connectivity index (χ1n) is 3.67. The summed E-state index contributed by atoms with van der Waals surface area (Å²) in [6.07, 6.45) is -4.53. The Morgan fingerprint density at radius 3 is 2.06 bits per heavy atom. The second-order valence-corrected chi connectivity index (χ2v) is 3.86. The fraction of sp³-hybridized carbons (Fsp3) is 0.125. The van der Waals surface area contributed by atoms with Crippen molar-refractivity contribution in [3.8, 4) is 5.75 Å². The van der Waals surface area contributed by atoms with Gasteiger partial charge in [-0.05, 0) is 12.1 Å². The molecule has 16 heavy (non-hydrogen) atoms. The van der Waals surface area contributed by atoms with Gasteiger partial charge in [0.05, 0.1) is 10.0 Å². The fourth-order valence-corrected chi connectivity index (χ4v) is 1.69. The Bertz CT molecular complexity index is 414. The predicted molar refractivity (Wildman–Crippen MR) is 52.1 cm³/mol. The summed E-state index contributed by atoms with van der Waals surface area (Å²) in [5.41, 5.74) is 0. The Kier molecular flexibility index (Phi) is 3.83. The molecule has 0 fully saturated rings. The number of benzene rings is 1. The molecule has 88 valence electrons. The average Bonchev–Trinajstić information content (AvgIpc) is 2.11. The van der Waals surface area contributed by atoms with Crippen molar-refractivity contribution >= 4 is 40.8 Å². The van der Waals surface area contributed by atoms with Crippen LogP contribution in [0.4, 0.5) is 8.78 Å². The lowest BCUT2D eigenvalue weighted by Gasteiger charge is -2.19. The van der Waals surface area contributed by atoms with E-state index in [1.165, 1.54) is 0 Å². The van der Waals surface area contributed by atoms with Crippen LogP contribution >= 0.6 is 34.8 Å². The summed E-state index contributed by atoms with van der Waals surface area (Å²) in [5.74, 6) is -3.38. The van der Waals surface area contributed by atoms with Crippen LogP contribution in [0, 0.1) is 0 Å². The van der Waals surface area contributed by atoms with Crippen LogP contribution in [0.25, 0.3) is 0 Å². The van der Waals surface area contributed by atoms with Crippen LogP contribution in [-0.4, -0.2) is 12.1 Å². The molecular weight excluding hydrogens is 288 g/mol. The van der Waals surface area contributed by atoms with Gasteiger partial charge in [-0.1, -0.05) is 34.8 Å². The Morgan fingerprint density at radius 2 is 1.69 bits per heavy atom. The highest BCUT2D eigenvalue weighted by molar-refractivity contribution is 6.40. The quantitative estimate of drug-likeness (QED) is 0.858. The first-order valence-corrected chi connectivity index (χ1v) is 4.80. The van der Waals surface area contributed by atoms with Crippen molar-refractivity contribution in [2.24, 2.45) is 0 Å². The van der Waals surface area contributed by atoms with Gasteiger partial charge in [-0.25, -0.2) is 0 Å². The number of carbonyl (C=O) groups excluding carboxylic acids is 1. The molecule has 3 nitrogen and oxygen atoms in total. The summed E-state index contributed by atoms with van der Waals surface area (Å²) < 4.78 is 29.2. The first-order chi connectivity index (χ1) is 7.24. The van der Waals surface area contributed by atoms with E-state index in [0.29, 0.717) is 0 Å². The standard InChI is InChI=1S/C8H3Cl3F2O3/c9-3-1-4(10)6(5(11)2-3)16-8(12,13)7(14)15/h1-2H,(H,14,15)/p-1. The van der Waals surface area contributed by atoms with Crippen molar-refractivity contribution in [1.82, 2.24) is 0 Å². The normalized spacial score (nSPS) is 11.3. The Balaban J connectivity index is 3.11. The van der Waals surface area contributed by atoms with E-state index in [9.17, 15) is 18.7 Å². The van der Waals surface area contributed by atoms with Crippen LogP contribution < -0.4 is 9.84 Å². The minimum Gasteiger partial charge on any atom is -0.541 e. The van der Waals surface area contributed by atoms with E-state index >= 15 is 0 Å². The summed E-state index contributed by atoms with van der Waals surface area (Å²) in [4.78, 5) is 10.0. The smallest absolute Gasteiger partial charge is 0.441 e. The summed E-state index contributed by atoms with van der Waals surface area (Å²) in [5, 5.41) is 9.44. The molecular formula is C8H2Cl3F2O3-. The summed E-state index contributed by atoms with van der Waals surface area (Å²) in [7, 11) is 0. The van der Waals surface area contributed by atoms with Gasteiger partial charge in [-0.15, -0.1) is 0 Å². The monoisotopic (exact) mass is 289 g/mol. The van der Waals surface area contributed by atoms with Crippen LogP contribution in [0.15, 0.2) is 12.1 Å². The van der Waals surface area contributed by atoms with Gasteiger partial charge in [0, 0.05) is 5.02 Å². The number of hydrogen-bond donors (Lipinski definition) is 0. The zero-order valence-corrected chi connectivity index (χ0v) is 9.54. The molecule has 0 heterocycles. The van der Waals surface area contributed by atoms with E-state index in [1.54, 1.807) is 0 Å². The molecule has 1 aromatic rings. The van der Waals surface area contributed by atoms with Gasteiger partial charge < -0.3 is 14.6 Å². The second kappa shape index (κ2) is 4.61. The maximum atomic E-state index is 12.7. The SMILES string of the molecule is O=C([O-])C(F)(F)Oc1c(Cl)cc(Cl)cc1Cl. The van der Waals surface area contributed by atoms with Gasteiger partial charge in [0.2, 0.25) is 0 Å². The molecule has 0 saturated heterocycles. The van der Waals surface area contributed by atoms with Gasteiger partial charge in [0.1, 0.15) is 0 Å². The largest absolute Gasteiger partial charge is 0.541 e. The zero-order valence-electron chi connectivity index (χ0n) is 7.27. The van der Waals surface area contributed by atoms with Crippen molar-refractivity contribution in [2.75, 3.05) is 0 Å². The van der Waals surface area contributed by atoms with Gasteiger partial charge in [0.25, 0.3) is 0 Å². The van der Waals surface area contributed by atoms with Gasteiger partial charge >= 0.3 is 6.11 Å². The molecule has 0 radical (unpaired) electrons. The maximum absolute atomic E-state index is 12.7. The number of carbonyl (C=O) groups is 1. The van der Waals surface area contributed by atoms with Crippen molar-refractivity contribution in [1.29, 1.82) is 0 Å². The van der Waals surface area contributed by atoms with Crippen LogP contribution in [0.5, 0.6) is 5.75 Å². The number of halogens is 5. The lowest BCUT2D eigenvalue weighted by Crippen LogP contribution is -2.45. The molecule has 0 aromatic heterocycles. The molecule has 0 N–H and O–H groups in total. The highest BCUT2D eigenvalue weighted by Crippen LogP contribution is 2.38. The Labute approximate surface area is 103 Å². The minimum absolute atomic E-state index is 0.0964. The number of aliphatic carboxylic acids is 1. The topological polar surface area (TPSA) is 49.4 Å². The molecule has 0 spiro atoms. The summed E-state index contributed by atoms with van der Waals surface area (Å²) >= 11 is 16.5. The van der Waals surface area contributed by atoms with Crippen LogP contribution in [-0.2, 0) is 4.79 Å². The lowest BCUT2D eigenvalue weighted by molar-refractivity contribution is -0.350. The summed E-state index contributed by atoms with van der Waals surface area (Å²) in [6.45, 7) is 0. The number of ether oxygens (including phenoxy) is 1. The molecule has 0 unspecified atom stereocenters. The maximum Gasteiger partial charge on any atom is 0.441 e. The molecule has 1 rings (SSSR count). The van der Waals surface area contributed by atoms with E-state index in [-0.39, 0.29) is 15.1 Å². The Hall–Kier alpha value is -0.780. The predicted octanol–water partition coefficient (Wildman–Crippen LogP) is 2.37. The van der Waals surface area contributed by atoms with E-state index in [0.717, 1.165) is 12.1 Å². The van der Waals surface area contributed by atoms with E-state index in [4.69, 9.17) is 34.8 Å². The van der Waals surface area contributed by atoms with Crippen molar-refractivity contribution in [2.45, 2.75) is 6.11 Å². The van der Waals surface area contributed by atoms with Crippen LogP contribution in [0.1, 0.15) is 0 Å². The van der Waals surface area contributed by atoms with Gasteiger partial charge in [-0.3, -0.25) is 0 Å². The molecule has 1 aromatic carbocycles. The molecule has 8 heteroatoms. The molecule has 0 aliphatic rings. The fourth-order valence-electron chi connectivity index (χ4n) is 0.796. The van der Waals surface area contributed by atoms with E-state index in [2.05, 4.69) is 4.74 Å². The number of carboxylic acids is 1. The number of rotatable bonds is 3. The third-order valence-corrected chi connectivity index (χ3v) is 2.21. The third kappa shape index (κ3) is 2.87. The van der Waals surface area contributed by atoms with E-state index < -0.39 is 17.8 Å². The minimum atomic E-state index is -4.53. The number of hydrogen-bond acceptors (Lipinski definition) is 3. The summed E-state index contributed by atoms with van der Waals surface area (Å²) in [6, 6.07) is 2.16. The molecule has 0 saturated carbocycles. The highest BCUT2D eigenvalue weighted by Gasteiger charge is 2.35. The molecule has 0 aliphatic heterocycles. The highest BCUT2D eigenvalue weighted by atomic mass is 35.5.